The van der Waals surface area contributed by atoms with Crippen LogP contribution in [0.25, 0.3) is 0 Å². The third-order valence-corrected chi connectivity index (χ3v) is 2.25. The van der Waals surface area contributed by atoms with Crippen molar-refractivity contribution in [2.75, 3.05) is 18.9 Å². The lowest BCUT2D eigenvalue weighted by Gasteiger charge is -2.22. The van der Waals surface area contributed by atoms with E-state index in [0.717, 1.165) is 0 Å². The van der Waals surface area contributed by atoms with Gasteiger partial charge in [-0.05, 0) is 6.92 Å². The molecule has 0 N–H and O–H groups in total. The Bertz CT molecular complexity index is 162. The van der Waals surface area contributed by atoms with Gasteiger partial charge in [0.25, 0.3) is 0 Å². The predicted molar refractivity (Wildman–Crippen MR) is 42.8 cm³/mol. The molecular weight excluding hydrogens is 207 g/mol. The molecule has 72 valence electrons. The Hall–Kier alpha value is 0.420. The summed E-state index contributed by atoms with van der Waals surface area (Å²) in [6.45, 7) is 1.63. The minimum atomic E-state index is -1.33. The lowest BCUT2D eigenvalue weighted by atomic mass is 10.4. The Morgan fingerprint density at radius 3 is 2.17 bits per heavy atom. The first kappa shape index (κ1) is 10.5. The van der Waals surface area contributed by atoms with Crippen LogP contribution >= 0.6 is 23.2 Å². The number of ether oxygens (including phenoxy) is 2. The highest BCUT2D eigenvalue weighted by Crippen LogP contribution is 2.34. The number of methoxy groups -OCH3 is 1. The van der Waals surface area contributed by atoms with Crippen molar-refractivity contribution in [1.29, 1.82) is 0 Å². The molecule has 0 amide bonds. The van der Waals surface area contributed by atoms with Crippen molar-refractivity contribution in [3.05, 3.63) is 0 Å². The van der Waals surface area contributed by atoms with E-state index in [1.807, 2.05) is 0 Å². The molecule has 12 heavy (non-hydrogen) atoms. The number of hydrogen-bond acceptors (Lipinski definition) is 4. The lowest BCUT2D eigenvalue weighted by molar-refractivity contribution is -0.401. The van der Waals surface area contributed by atoms with Crippen molar-refractivity contribution in [2.24, 2.45) is 0 Å². The molecule has 0 bridgehead atoms. The third kappa shape index (κ3) is 1.84. The van der Waals surface area contributed by atoms with Gasteiger partial charge >= 0.3 is 5.97 Å². The zero-order valence-electron chi connectivity index (χ0n) is 6.80. The van der Waals surface area contributed by atoms with Gasteiger partial charge in [-0.1, -0.05) is 0 Å². The second kappa shape index (κ2) is 3.65. The van der Waals surface area contributed by atoms with E-state index >= 15 is 0 Å². The molecule has 0 unspecified atom stereocenters. The molecule has 1 rings (SSSR count). The summed E-state index contributed by atoms with van der Waals surface area (Å²) in [6.07, 6.45) is 0. The van der Waals surface area contributed by atoms with Gasteiger partial charge in [-0.25, -0.2) is 0 Å². The standard InChI is InChI=1S/C6H10Cl2O4/c1-5(3-7)10-6(4-8,9-2)12-11-5/h3-4H2,1-2H3/t5-,6-/m1/s1. The van der Waals surface area contributed by atoms with Gasteiger partial charge in [0.15, 0.2) is 0 Å². The molecule has 4 nitrogen and oxygen atoms in total. The Labute approximate surface area is 80.5 Å². The van der Waals surface area contributed by atoms with Crippen molar-refractivity contribution in [3.8, 4) is 0 Å². The van der Waals surface area contributed by atoms with E-state index in [-0.39, 0.29) is 11.8 Å². The fourth-order valence-electron chi connectivity index (χ4n) is 0.744. The first-order valence-corrected chi connectivity index (χ1v) is 4.41. The van der Waals surface area contributed by atoms with Gasteiger partial charge in [0.2, 0.25) is 5.79 Å². The molecule has 0 aromatic carbocycles. The van der Waals surface area contributed by atoms with Crippen LogP contribution in [0.15, 0.2) is 0 Å². The van der Waals surface area contributed by atoms with Crippen LogP contribution in [0, 0.1) is 0 Å². The normalized spacial score (nSPS) is 42.0. The average molecular weight is 217 g/mol. The molecule has 0 aromatic rings. The fourth-order valence-corrected chi connectivity index (χ4v) is 1.05. The first-order valence-electron chi connectivity index (χ1n) is 3.34. The summed E-state index contributed by atoms with van der Waals surface area (Å²) in [7, 11) is 1.41. The maximum absolute atomic E-state index is 5.56. The van der Waals surface area contributed by atoms with Crippen molar-refractivity contribution in [3.63, 3.8) is 0 Å². The molecule has 6 heteroatoms. The Morgan fingerprint density at radius 1 is 1.25 bits per heavy atom. The zero-order chi connectivity index (χ0) is 9.24. The van der Waals surface area contributed by atoms with Gasteiger partial charge in [-0.3, -0.25) is 4.74 Å². The molecule has 1 heterocycles. The maximum Gasteiger partial charge on any atom is 0.328 e. The van der Waals surface area contributed by atoms with Crippen LogP contribution in [0.5, 0.6) is 0 Å². The Kier molecular flexibility index (Phi) is 3.20. The highest BCUT2D eigenvalue weighted by molar-refractivity contribution is 6.18. The summed E-state index contributed by atoms with van der Waals surface area (Å²) >= 11 is 11.1. The van der Waals surface area contributed by atoms with Crippen LogP contribution in [0.1, 0.15) is 6.92 Å². The van der Waals surface area contributed by atoms with Crippen molar-refractivity contribution in [2.45, 2.75) is 18.7 Å². The van der Waals surface area contributed by atoms with Crippen molar-refractivity contribution >= 4 is 23.2 Å². The molecule has 1 saturated heterocycles. The monoisotopic (exact) mass is 216 g/mol. The summed E-state index contributed by atoms with van der Waals surface area (Å²) in [5.41, 5.74) is 0. The van der Waals surface area contributed by atoms with E-state index in [0.29, 0.717) is 0 Å². The molecule has 0 spiro atoms. The Balaban J connectivity index is 2.64. The number of rotatable bonds is 3. The smallest absolute Gasteiger partial charge is 0.328 e. The summed E-state index contributed by atoms with van der Waals surface area (Å²) in [5.74, 6) is -2.18. The lowest BCUT2D eigenvalue weighted by Crippen LogP contribution is -2.38. The molecule has 2 atom stereocenters. The number of hydrogen-bond donors (Lipinski definition) is 0. The first-order chi connectivity index (χ1) is 5.60. The van der Waals surface area contributed by atoms with Gasteiger partial charge in [0.1, 0.15) is 5.88 Å². The molecule has 0 aromatic heterocycles. The summed E-state index contributed by atoms with van der Waals surface area (Å²) in [4.78, 5) is 9.61. The van der Waals surface area contributed by atoms with Crippen molar-refractivity contribution in [1.82, 2.24) is 0 Å². The maximum atomic E-state index is 5.56. The molecule has 1 fully saturated rings. The van der Waals surface area contributed by atoms with E-state index in [4.69, 9.17) is 42.5 Å². The molecule has 0 saturated carbocycles. The largest absolute Gasteiger partial charge is 0.328 e. The third-order valence-electron chi connectivity index (χ3n) is 1.43. The van der Waals surface area contributed by atoms with Crippen molar-refractivity contribution < 1.29 is 19.2 Å². The van der Waals surface area contributed by atoms with Crippen LogP contribution < -0.4 is 0 Å². The van der Waals surface area contributed by atoms with Gasteiger partial charge < -0.3 is 4.74 Å². The van der Waals surface area contributed by atoms with Crippen LogP contribution in [-0.2, 0) is 19.2 Å². The highest BCUT2D eigenvalue weighted by Gasteiger charge is 2.50. The van der Waals surface area contributed by atoms with Crippen LogP contribution in [0.3, 0.4) is 0 Å². The predicted octanol–water partition coefficient (Wildman–Crippen LogP) is 1.46. The van der Waals surface area contributed by atoms with Crippen LogP contribution in [-0.4, -0.2) is 30.6 Å². The molecular formula is C6H10Cl2O4. The van der Waals surface area contributed by atoms with E-state index < -0.39 is 11.8 Å². The van der Waals surface area contributed by atoms with Gasteiger partial charge in [0.05, 0.1) is 5.88 Å². The highest BCUT2D eigenvalue weighted by atomic mass is 35.5. The molecule has 1 aliphatic rings. The SMILES string of the molecule is CO[C@@]1(CCl)OO[C@](C)(CCl)O1. The Morgan fingerprint density at radius 2 is 1.92 bits per heavy atom. The summed E-state index contributed by atoms with van der Waals surface area (Å²) < 4.78 is 10.1. The topological polar surface area (TPSA) is 36.9 Å². The van der Waals surface area contributed by atoms with Crippen LogP contribution in [0.2, 0.25) is 0 Å². The number of halogens is 2. The zero-order valence-corrected chi connectivity index (χ0v) is 8.31. The second-order valence-corrected chi connectivity index (χ2v) is 3.09. The quantitative estimate of drug-likeness (QED) is 0.529. The fraction of sp³-hybridized carbons (Fsp3) is 1.00. The summed E-state index contributed by atoms with van der Waals surface area (Å²) in [5, 5.41) is 0. The average Bonchev–Trinajstić information content (AvgIpc) is 2.46. The van der Waals surface area contributed by atoms with Gasteiger partial charge in [-0.15, -0.1) is 23.2 Å². The second-order valence-electron chi connectivity index (χ2n) is 2.56. The van der Waals surface area contributed by atoms with Crippen LogP contribution in [0.4, 0.5) is 0 Å². The van der Waals surface area contributed by atoms with E-state index in [1.54, 1.807) is 6.92 Å². The van der Waals surface area contributed by atoms with Gasteiger partial charge in [0, 0.05) is 7.11 Å². The van der Waals surface area contributed by atoms with E-state index in [1.165, 1.54) is 7.11 Å². The summed E-state index contributed by atoms with van der Waals surface area (Å²) in [6, 6.07) is 0. The minimum Gasteiger partial charge on any atom is -0.328 e. The van der Waals surface area contributed by atoms with E-state index in [9.17, 15) is 0 Å². The molecule has 0 aliphatic carbocycles. The van der Waals surface area contributed by atoms with Gasteiger partial charge in [-0.2, -0.15) is 9.78 Å². The number of alkyl halides is 2. The molecule has 1 aliphatic heterocycles. The molecule has 0 radical (unpaired) electrons. The van der Waals surface area contributed by atoms with E-state index in [2.05, 4.69) is 0 Å². The minimum absolute atomic E-state index is 0.00990.